The number of anilines is 1. The Hall–Kier alpha value is -2.40. The van der Waals surface area contributed by atoms with Gasteiger partial charge in [-0.05, 0) is 60.2 Å². The first-order valence-electron chi connectivity index (χ1n) is 13.4. The first kappa shape index (κ1) is 30.1. The van der Waals surface area contributed by atoms with Crippen LogP contribution in [-0.2, 0) is 19.5 Å². The Bertz CT molecular complexity index is 1150. The molecule has 0 bridgehead atoms. The molecule has 0 fully saturated rings. The molecule has 0 heterocycles. The number of nitrogens with zero attached hydrogens (tertiary/aromatic N) is 1. The summed E-state index contributed by atoms with van der Waals surface area (Å²) in [6, 6.07) is 19.2. The smallest absolute Gasteiger partial charge is 0.322 e. The predicted octanol–water partition coefficient (Wildman–Crippen LogP) is 10.2. The Kier molecular flexibility index (Phi) is 12.6. The van der Waals surface area contributed by atoms with E-state index in [9.17, 15) is 4.79 Å². The van der Waals surface area contributed by atoms with Crippen LogP contribution in [0.3, 0.4) is 0 Å². The molecule has 1 N–H and O–H groups in total. The van der Waals surface area contributed by atoms with E-state index < -0.39 is 0 Å². The summed E-state index contributed by atoms with van der Waals surface area (Å²) in [6.07, 6.45) is 8.06. The van der Waals surface area contributed by atoms with Crippen molar-refractivity contribution < 1.29 is 9.53 Å². The van der Waals surface area contributed by atoms with Crippen molar-refractivity contribution in [3.8, 4) is 5.75 Å². The molecule has 0 aliphatic heterocycles. The molecule has 3 rings (SSSR count). The van der Waals surface area contributed by atoms with Crippen LogP contribution in [0.4, 0.5) is 10.5 Å². The van der Waals surface area contributed by atoms with Gasteiger partial charge in [-0.3, -0.25) is 0 Å². The van der Waals surface area contributed by atoms with Gasteiger partial charge in [0.15, 0.2) is 0 Å². The van der Waals surface area contributed by atoms with E-state index in [0.29, 0.717) is 40.5 Å². The van der Waals surface area contributed by atoms with Crippen LogP contribution in [0.1, 0.15) is 69.1 Å². The molecule has 0 spiro atoms. The fourth-order valence-corrected chi connectivity index (χ4v) is 4.67. The third kappa shape index (κ3) is 9.72. The minimum Gasteiger partial charge on any atom is -0.494 e. The maximum absolute atomic E-state index is 13.4. The number of rotatable bonds is 14. The third-order valence-electron chi connectivity index (χ3n) is 6.32. The molecule has 0 saturated heterocycles. The minimum atomic E-state index is -0.280. The summed E-state index contributed by atoms with van der Waals surface area (Å²) in [5, 5.41) is 3.89. The van der Waals surface area contributed by atoms with Crippen molar-refractivity contribution in [1.82, 2.24) is 4.90 Å². The molecule has 0 atom stereocenters. The van der Waals surface area contributed by atoms with Crippen molar-refractivity contribution in [1.29, 1.82) is 0 Å². The molecule has 3 aromatic rings. The summed E-state index contributed by atoms with van der Waals surface area (Å²) in [7, 11) is 0. The van der Waals surface area contributed by atoms with Crippen LogP contribution in [0.2, 0.25) is 15.1 Å². The Balaban J connectivity index is 1.73. The molecule has 0 aromatic heterocycles. The Morgan fingerprint density at radius 1 is 0.737 bits per heavy atom. The van der Waals surface area contributed by atoms with Gasteiger partial charge in [-0.1, -0.05) is 111 Å². The van der Waals surface area contributed by atoms with Crippen molar-refractivity contribution in [3.63, 3.8) is 0 Å². The van der Waals surface area contributed by atoms with Crippen molar-refractivity contribution in [2.75, 3.05) is 11.9 Å². The Morgan fingerprint density at radius 2 is 1.29 bits per heavy atom. The standard InChI is InChI=1S/C31H37Cl3N2O2/c1-3-5-7-9-23-10-12-24(13-11-23)21-36(31(37)35-30-20-28(33)27(32)19-29(30)34)22-25-14-16-26(17-15-25)38-18-8-6-4-2/h10-17,19-20H,3-9,18,21-22H2,1-2H3,(H,35,37). The number of ether oxygens (including phenoxy) is 1. The van der Waals surface area contributed by atoms with E-state index in [1.54, 1.807) is 11.0 Å². The van der Waals surface area contributed by atoms with Gasteiger partial charge in [-0.15, -0.1) is 0 Å². The highest BCUT2D eigenvalue weighted by Crippen LogP contribution is 2.32. The van der Waals surface area contributed by atoms with Crippen LogP contribution in [0.25, 0.3) is 0 Å². The number of nitrogens with one attached hydrogen (secondary N) is 1. The normalized spacial score (nSPS) is 10.9. The van der Waals surface area contributed by atoms with Gasteiger partial charge in [0.2, 0.25) is 0 Å². The SMILES string of the molecule is CCCCCOc1ccc(CN(Cc2ccc(CCCCC)cc2)C(=O)Nc2cc(Cl)c(Cl)cc2Cl)cc1. The number of carbonyl (C=O) groups excluding carboxylic acids is 1. The molecule has 0 unspecified atom stereocenters. The van der Waals surface area contributed by atoms with Crippen LogP contribution in [0, 0.1) is 0 Å². The number of carbonyl (C=O) groups is 1. The fourth-order valence-electron chi connectivity index (χ4n) is 4.08. The molecule has 0 radical (unpaired) electrons. The van der Waals surface area contributed by atoms with Gasteiger partial charge in [0.25, 0.3) is 0 Å². The van der Waals surface area contributed by atoms with Crippen LogP contribution in [-0.4, -0.2) is 17.5 Å². The predicted molar refractivity (Wildman–Crippen MR) is 161 cm³/mol. The molecule has 204 valence electrons. The summed E-state index contributed by atoms with van der Waals surface area (Å²) < 4.78 is 5.84. The van der Waals surface area contributed by atoms with E-state index in [1.165, 1.54) is 30.9 Å². The maximum Gasteiger partial charge on any atom is 0.322 e. The van der Waals surface area contributed by atoms with Gasteiger partial charge >= 0.3 is 6.03 Å². The van der Waals surface area contributed by atoms with Gasteiger partial charge in [0.1, 0.15) is 5.75 Å². The molecular formula is C31H37Cl3N2O2. The van der Waals surface area contributed by atoms with Gasteiger partial charge < -0.3 is 15.0 Å². The van der Waals surface area contributed by atoms with Crippen molar-refractivity contribution in [3.05, 3.63) is 92.4 Å². The monoisotopic (exact) mass is 574 g/mol. The van der Waals surface area contributed by atoms with Crippen LogP contribution >= 0.6 is 34.8 Å². The highest BCUT2D eigenvalue weighted by molar-refractivity contribution is 6.44. The molecule has 3 aromatic carbocycles. The first-order chi connectivity index (χ1) is 18.4. The number of hydrogen-bond acceptors (Lipinski definition) is 2. The lowest BCUT2D eigenvalue weighted by molar-refractivity contribution is 0.206. The van der Waals surface area contributed by atoms with Gasteiger partial charge in [-0.25, -0.2) is 4.79 Å². The van der Waals surface area contributed by atoms with E-state index >= 15 is 0 Å². The second-order valence-corrected chi connectivity index (χ2v) is 10.7. The maximum atomic E-state index is 13.4. The van der Waals surface area contributed by atoms with Crippen LogP contribution in [0.5, 0.6) is 5.75 Å². The molecule has 0 aliphatic rings. The summed E-state index contributed by atoms with van der Waals surface area (Å²) >= 11 is 18.6. The highest BCUT2D eigenvalue weighted by atomic mass is 35.5. The number of hydrogen-bond donors (Lipinski definition) is 1. The minimum absolute atomic E-state index is 0.280. The molecular weight excluding hydrogens is 539 g/mol. The molecule has 0 aliphatic carbocycles. The average molecular weight is 576 g/mol. The quantitative estimate of drug-likeness (QED) is 0.153. The summed E-state index contributed by atoms with van der Waals surface area (Å²) in [4.78, 5) is 15.2. The number of halogens is 3. The fraction of sp³-hybridized carbons (Fsp3) is 0.387. The second kappa shape index (κ2) is 15.9. The van der Waals surface area contributed by atoms with Gasteiger partial charge in [0.05, 0.1) is 27.4 Å². The number of aryl methyl sites for hydroxylation is 1. The molecule has 4 nitrogen and oxygen atoms in total. The lowest BCUT2D eigenvalue weighted by Crippen LogP contribution is -2.34. The highest BCUT2D eigenvalue weighted by Gasteiger charge is 2.17. The van der Waals surface area contributed by atoms with E-state index in [4.69, 9.17) is 39.5 Å². The number of urea groups is 1. The summed E-state index contributed by atoms with van der Waals surface area (Å²) in [6.45, 7) is 5.95. The van der Waals surface area contributed by atoms with E-state index in [-0.39, 0.29) is 6.03 Å². The third-order valence-corrected chi connectivity index (χ3v) is 7.35. The number of amides is 2. The second-order valence-electron chi connectivity index (χ2n) is 9.51. The van der Waals surface area contributed by atoms with Gasteiger partial charge in [0, 0.05) is 13.1 Å². The lowest BCUT2D eigenvalue weighted by Gasteiger charge is -2.24. The van der Waals surface area contributed by atoms with Gasteiger partial charge in [-0.2, -0.15) is 0 Å². The van der Waals surface area contributed by atoms with Crippen LogP contribution < -0.4 is 10.1 Å². The molecule has 0 saturated carbocycles. The first-order valence-corrected chi connectivity index (χ1v) is 14.5. The number of benzene rings is 3. The average Bonchev–Trinajstić information content (AvgIpc) is 2.91. The molecule has 2 amide bonds. The largest absolute Gasteiger partial charge is 0.494 e. The molecule has 38 heavy (non-hydrogen) atoms. The number of unbranched alkanes of at least 4 members (excludes halogenated alkanes) is 4. The zero-order chi connectivity index (χ0) is 27.3. The zero-order valence-corrected chi connectivity index (χ0v) is 24.5. The van der Waals surface area contributed by atoms with E-state index in [0.717, 1.165) is 42.6 Å². The molecule has 7 heteroatoms. The van der Waals surface area contributed by atoms with Crippen molar-refractivity contribution in [2.24, 2.45) is 0 Å². The summed E-state index contributed by atoms with van der Waals surface area (Å²) in [5.74, 6) is 0.835. The van der Waals surface area contributed by atoms with E-state index in [2.05, 4.69) is 43.4 Å². The van der Waals surface area contributed by atoms with Crippen molar-refractivity contribution in [2.45, 2.75) is 71.9 Å². The zero-order valence-electron chi connectivity index (χ0n) is 22.2. The lowest BCUT2D eigenvalue weighted by atomic mass is 10.1. The Morgan fingerprint density at radius 3 is 1.92 bits per heavy atom. The summed E-state index contributed by atoms with van der Waals surface area (Å²) in [5.41, 5.74) is 3.78. The van der Waals surface area contributed by atoms with Crippen molar-refractivity contribution >= 4 is 46.5 Å². The Labute approximate surface area is 242 Å². The van der Waals surface area contributed by atoms with E-state index in [1.807, 2.05) is 24.3 Å². The topological polar surface area (TPSA) is 41.6 Å². The van der Waals surface area contributed by atoms with Crippen LogP contribution in [0.15, 0.2) is 60.7 Å².